The fourth-order valence-corrected chi connectivity index (χ4v) is 8.27. The number of ketones is 1. The molecule has 166 valence electrons. The van der Waals surface area contributed by atoms with Crippen LogP contribution in [0.1, 0.15) is 63.2 Å². The molecule has 0 radical (unpaired) electrons. The smallest absolute Gasteiger partial charge is 0.222 e. The zero-order valence-electron chi connectivity index (χ0n) is 17.8. The van der Waals surface area contributed by atoms with Gasteiger partial charge in [0.15, 0.2) is 5.78 Å². The molecule has 0 aromatic carbocycles. The standard InChI is InChI=1S/C22H26N2O4S3/c1-14-8-9-18(25)7-5-4-6-17-13-29-20(24-17)16(3)23-19(26)12-22(11-10-14)15(2)21(27)30-31(22)28/h4-8,13,15-16H,9-12H2,1-3H3,(H,23,26)/b6-4-,7-5+,14-8+/t15-,16+,22+,31?/m0/s1. The summed E-state index contributed by atoms with van der Waals surface area (Å²) in [6.45, 7) is 5.54. The predicted octanol–water partition coefficient (Wildman–Crippen LogP) is 4.29. The van der Waals surface area contributed by atoms with Crippen LogP contribution in [-0.4, -0.2) is 30.7 Å². The first-order valence-electron chi connectivity index (χ1n) is 10.1. The summed E-state index contributed by atoms with van der Waals surface area (Å²) in [7, 11) is -0.667. The fraction of sp³-hybridized carbons (Fsp3) is 0.455. The summed E-state index contributed by atoms with van der Waals surface area (Å²) in [6.07, 6.45) is 9.96. The van der Waals surface area contributed by atoms with Gasteiger partial charge >= 0.3 is 0 Å². The highest BCUT2D eigenvalue weighted by molar-refractivity contribution is 8.76. The Labute approximate surface area is 192 Å². The molecule has 1 N–H and O–H groups in total. The topological polar surface area (TPSA) is 93.2 Å². The average Bonchev–Trinajstić information content (AvgIpc) is 3.27. The SMILES string of the molecule is C/C1=C\CC(=O)/C=C/C=C\c2csc(n2)[C@@H](C)NC(=O)C[C@]2(CC1)[C@@H](C)C(=O)SS2=O. The summed E-state index contributed by atoms with van der Waals surface area (Å²) in [5, 5.41) is 5.46. The Morgan fingerprint density at radius 3 is 2.65 bits per heavy atom. The van der Waals surface area contributed by atoms with E-state index in [-0.39, 0.29) is 35.7 Å². The molecule has 3 heterocycles. The summed E-state index contributed by atoms with van der Waals surface area (Å²) in [4.78, 5) is 41.9. The Kier molecular flexibility index (Phi) is 7.82. The number of nitrogens with zero attached hydrogens (tertiary/aromatic N) is 1. The minimum Gasteiger partial charge on any atom is -0.347 e. The van der Waals surface area contributed by atoms with Gasteiger partial charge in [-0.3, -0.25) is 14.4 Å². The van der Waals surface area contributed by atoms with Crippen molar-refractivity contribution in [3.05, 3.63) is 46.0 Å². The van der Waals surface area contributed by atoms with Crippen LogP contribution in [0.5, 0.6) is 0 Å². The van der Waals surface area contributed by atoms with Gasteiger partial charge < -0.3 is 5.32 Å². The molecule has 1 spiro atoms. The number of thiazole rings is 1. The number of carbonyl (C=O) groups is 3. The van der Waals surface area contributed by atoms with Gasteiger partial charge in [0.05, 0.1) is 26.3 Å². The molecule has 31 heavy (non-hydrogen) atoms. The van der Waals surface area contributed by atoms with Crippen LogP contribution in [0.4, 0.5) is 0 Å². The second kappa shape index (κ2) is 10.2. The van der Waals surface area contributed by atoms with Crippen LogP contribution < -0.4 is 5.32 Å². The number of aromatic nitrogens is 1. The normalized spacial score (nSPS) is 34.5. The van der Waals surface area contributed by atoms with Crippen LogP contribution in [0.15, 0.2) is 35.3 Å². The van der Waals surface area contributed by atoms with E-state index in [2.05, 4.69) is 10.3 Å². The molecule has 1 saturated heterocycles. The summed E-state index contributed by atoms with van der Waals surface area (Å²) in [5.74, 6) is -0.745. The van der Waals surface area contributed by atoms with E-state index in [9.17, 15) is 18.6 Å². The Balaban J connectivity index is 1.92. The Morgan fingerprint density at radius 1 is 1.19 bits per heavy atom. The second-order valence-electron chi connectivity index (χ2n) is 7.94. The molecule has 4 atom stereocenters. The third-order valence-corrected chi connectivity index (χ3v) is 10.7. The molecular formula is C22H26N2O4S3. The molecule has 1 fully saturated rings. The Bertz CT molecular complexity index is 995. The maximum Gasteiger partial charge on any atom is 0.222 e. The number of allylic oxidation sites excluding steroid dienone is 5. The van der Waals surface area contributed by atoms with Crippen LogP contribution >= 0.6 is 22.1 Å². The minimum absolute atomic E-state index is 0.0109. The van der Waals surface area contributed by atoms with E-state index in [0.717, 1.165) is 27.1 Å². The van der Waals surface area contributed by atoms with Gasteiger partial charge in [-0.25, -0.2) is 9.19 Å². The molecule has 1 aromatic rings. The number of amides is 1. The van der Waals surface area contributed by atoms with Crippen molar-refractivity contribution in [1.29, 1.82) is 0 Å². The molecule has 0 aliphatic carbocycles. The van der Waals surface area contributed by atoms with Crippen LogP contribution in [0.3, 0.4) is 0 Å². The number of carbonyl (C=O) groups excluding carboxylic acids is 3. The number of fused-ring (bicyclic) bond motifs is 2. The molecule has 3 rings (SSSR count). The molecule has 0 saturated carbocycles. The van der Waals surface area contributed by atoms with Crippen LogP contribution in [0.2, 0.25) is 0 Å². The van der Waals surface area contributed by atoms with E-state index >= 15 is 0 Å². The Morgan fingerprint density at radius 2 is 1.94 bits per heavy atom. The Hall–Kier alpha value is -1.84. The number of hydrogen-bond acceptors (Lipinski definition) is 7. The van der Waals surface area contributed by atoms with E-state index in [1.165, 1.54) is 17.4 Å². The number of hydrogen-bond donors (Lipinski definition) is 1. The van der Waals surface area contributed by atoms with Crippen LogP contribution in [0, 0.1) is 5.92 Å². The molecule has 1 aromatic heterocycles. The van der Waals surface area contributed by atoms with E-state index in [0.29, 0.717) is 12.8 Å². The van der Waals surface area contributed by atoms with Crippen molar-refractivity contribution in [2.75, 3.05) is 0 Å². The van der Waals surface area contributed by atoms with Gasteiger partial charge in [0, 0.05) is 34.9 Å². The minimum atomic E-state index is -1.50. The maximum atomic E-state index is 13.0. The van der Waals surface area contributed by atoms with Gasteiger partial charge in [-0.15, -0.1) is 11.3 Å². The first kappa shape index (κ1) is 23.8. The summed E-state index contributed by atoms with van der Waals surface area (Å²) in [5.41, 5.74) is 1.73. The van der Waals surface area contributed by atoms with E-state index in [1.54, 1.807) is 19.1 Å². The van der Waals surface area contributed by atoms with E-state index < -0.39 is 20.5 Å². The van der Waals surface area contributed by atoms with Gasteiger partial charge in [0.1, 0.15) is 5.01 Å². The molecule has 2 aliphatic rings. The zero-order chi connectivity index (χ0) is 22.6. The maximum absolute atomic E-state index is 13.0. The second-order valence-corrected chi connectivity index (χ2v) is 12.1. The zero-order valence-corrected chi connectivity index (χ0v) is 20.2. The average molecular weight is 479 g/mol. The van der Waals surface area contributed by atoms with Crippen molar-refractivity contribution >= 4 is 54.8 Å². The van der Waals surface area contributed by atoms with Gasteiger partial charge in [0.25, 0.3) is 0 Å². The van der Waals surface area contributed by atoms with Crippen molar-refractivity contribution in [2.24, 2.45) is 5.92 Å². The monoisotopic (exact) mass is 478 g/mol. The summed E-state index contributed by atoms with van der Waals surface area (Å²) >= 11 is 1.44. The quantitative estimate of drug-likeness (QED) is 0.442. The van der Waals surface area contributed by atoms with Crippen molar-refractivity contribution in [3.63, 3.8) is 0 Å². The van der Waals surface area contributed by atoms with Gasteiger partial charge in [-0.1, -0.05) is 30.7 Å². The third-order valence-electron chi connectivity index (χ3n) is 5.63. The molecule has 2 aliphatic heterocycles. The summed E-state index contributed by atoms with van der Waals surface area (Å²) in [6, 6.07) is -0.303. The molecule has 2 bridgehead atoms. The van der Waals surface area contributed by atoms with Crippen LogP contribution in [-0.2, 0) is 24.2 Å². The first-order chi connectivity index (χ1) is 14.7. The lowest BCUT2D eigenvalue weighted by atomic mass is 9.84. The van der Waals surface area contributed by atoms with Gasteiger partial charge in [-0.05, 0) is 38.8 Å². The third kappa shape index (κ3) is 5.70. The first-order valence-corrected chi connectivity index (χ1v) is 13.5. The molecule has 1 unspecified atom stereocenters. The van der Waals surface area contributed by atoms with Crippen LogP contribution in [0.25, 0.3) is 6.08 Å². The number of nitrogens with one attached hydrogen (secondary N) is 1. The largest absolute Gasteiger partial charge is 0.347 e. The highest BCUT2D eigenvalue weighted by atomic mass is 33.1. The fourth-order valence-electron chi connectivity index (χ4n) is 3.56. The lowest BCUT2D eigenvalue weighted by molar-refractivity contribution is -0.123. The highest BCUT2D eigenvalue weighted by Gasteiger charge is 2.53. The molecule has 6 nitrogen and oxygen atoms in total. The highest BCUT2D eigenvalue weighted by Crippen LogP contribution is 2.48. The van der Waals surface area contributed by atoms with Crippen molar-refractivity contribution in [3.8, 4) is 0 Å². The predicted molar refractivity (Wildman–Crippen MR) is 127 cm³/mol. The molecular weight excluding hydrogens is 452 g/mol. The molecule has 1 amide bonds. The van der Waals surface area contributed by atoms with E-state index in [1.807, 2.05) is 31.4 Å². The lowest BCUT2D eigenvalue weighted by Gasteiger charge is -2.30. The van der Waals surface area contributed by atoms with Crippen molar-refractivity contribution in [1.82, 2.24) is 10.3 Å². The van der Waals surface area contributed by atoms with Gasteiger partial charge in [0.2, 0.25) is 11.0 Å². The van der Waals surface area contributed by atoms with Crippen molar-refractivity contribution in [2.45, 2.75) is 57.2 Å². The summed E-state index contributed by atoms with van der Waals surface area (Å²) < 4.78 is 12.0. The number of rotatable bonds is 0. The van der Waals surface area contributed by atoms with E-state index in [4.69, 9.17) is 0 Å². The van der Waals surface area contributed by atoms with Crippen molar-refractivity contribution < 1.29 is 18.6 Å². The van der Waals surface area contributed by atoms with Gasteiger partial charge in [-0.2, -0.15) is 0 Å². The molecule has 9 heteroatoms. The lowest BCUT2D eigenvalue weighted by Crippen LogP contribution is -2.43.